The molecule has 2 atom stereocenters. The molecule has 2 amide bonds. The number of carbonyl (C=O) groups excluding carboxylic acids is 3. The first-order valence-corrected chi connectivity index (χ1v) is 24.2. The molecule has 1 N–H and O–H groups in total. The minimum Gasteiger partial charge on any atom is -0.493 e. The lowest BCUT2D eigenvalue weighted by Gasteiger charge is -2.22. The van der Waals surface area contributed by atoms with Crippen LogP contribution < -0.4 is 29.0 Å². The van der Waals surface area contributed by atoms with Crippen LogP contribution in [0.15, 0.2) is 64.7 Å². The van der Waals surface area contributed by atoms with Crippen LogP contribution in [0.25, 0.3) is 0 Å². The quantitative estimate of drug-likeness (QED) is 0.0528. The first-order valence-electron chi connectivity index (χ1n) is 24.2. The summed E-state index contributed by atoms with van der Waals surface area (Å²) < 4.78 is 52.4. The van der Waals surface area contributed by atoms with Crippen LogP contribution in [0.3, 0.4) is 0 Å². The van der Waals surface area contributed by atoms with Gasteiger partial charge in [0, 0.05) is 76.7 Å². The third kappa shape index (κ3) is 13.3. The number of carbonyl (C=O) groups is 3. The number of hydrogen-bond acceptors (Lipinski definition) is 16. The van der Waals surface area contributed by atoms with Gasteiger partial charge < -0.3 is 57.7 Å². The molecule has 18 nitrogen and oxygen atoms in total. The number of methoxy groups -OCH3 is 3. The zero-order valence-corrected chi connectivity index (χ0v) is 41.4. The van der Waals surface area contributed by atoms with Gasteiger partial charge in [-0.05, 0) is 58.7 Å². The SMILES string of the molecule is C/C=C1\C[C@H]2CNc3cc(OCc4cc(OCCN(CCCC(=O)OCC)CCOCCOCCOC)cc(COc5cc6c(cc5OC)C(=O)N5C/C(=C/C)C[C@H]5C=N6)n4)c(OC)cc3C(=O)N2C1. The lowest BCUT2D eigenvalue weighted by atomic mass is 10.1. The summed E-state index contributed by atoms with van der Waals surface area (Å²) in [5.41, 5.74) is 5.67. The van der Waals surface area contributed by atoms with E-state index in [9.17, 15) is 14.4 Å². The number of benzene rings is 2. The zero-order chi connectivity index (χ0) is 49.4. The molecular formula is C52H68N6O12. The molecule has 3 aromatic rings. The number of anilines is 1. The Morgan fingerprint density at radius 3 is 2.09 bits per heavy atom. The molecule has 378 valence electrons. The van der Waals surface area contributed by atoms with Gasteiger partial charge in [-0.2, -0.15) is 0 Å². The fourth-order valence-corrected chi connectivity index (χ4v) is 8.88. The first kappa shape index (κ1) is 51.6. The van der Waals surface area contributed by atoms with Crippen LogP contribution in [0.5, 0.6) is 28.7 Å². The predicted octanol–water partition coefficient (Wildman–Crippen LogP) is 6.42. The molecule has 4 aliphatic rings. The van der Waals surface area contributed by atoms with E-state index in [2.05, 4.69) is 22.4 Å². The number of nitrogens with zero attached hydrogens (tertiary/aromatic N) is 5. The predicted molar refractivity (Wildman–Crippen MR) is 263 cm³/mol. The number of hydrogen-bond donors (Lipinski definition) is 1. The van der Waals surface area contributed by atoms with Gasteiger partial charge in [0.2, 0.25) is 0 Å². The minimum atomic E-state index is -0.227. The van der Waals surface area contributed by atoms with Crippen molar-refractivity contribution in [1.29, 1.82) is 0 Å². The van der Waals surface area contributed by atoms with Crippen LogP contribution >= 0.6 is 0 Å². The molecule has 2 aromatic carbocycles. The van der Waals surface area contributed by atoms with E-state index >= 15 is 0 Å². The second kappa shape index (κ2) is 25.6. The Labute approximate surface area is 410 Å². The van der Waals surface area contributed by atoms with Gasteiger partial charge in [-0.1, -0.05) is 23.3 Å². The van der Waals surface area contributed by atoms with Crippen LogP contribution in [-0.2, 0) is 37.0 Å². The van der Waals surface area contributed by atoms with E-state index in [1.165, 1.54) is 18.3 Å². The summed E-state index contributed by atoms with van der Waals surface area (Å²) in [5.74, 6) is 1.79. The Bertz CT molecular complexity index is 2390. The average molecular weight is 969 g/mol. The van der Waals surface area contributed by atoms with Crippen LogP contribution in [0.4, 0.5) is 11.4 Å². The fourth-order valence-electron chi connectivity index (χ4n) is 8.88. The topological polar surface area (TPSA) is 181 Å². The molecule has 5 heterocycles. The van der Waals surface area contributed by atoms with Crippen molar-refractivity contribution in [3.8, 4) is 28.7 Å². The minimum absolute atomic E-state index is 0.0176. The van der Waals surface area contributed by atoms with E-state index in [0.717, 1.165) is 12.8 Å². The van der Waals surface area contributed by atoms with Crippen LogP contribution in [0.2, 0.25) is 0 Å². The molecule has 7 rings (SSSR count). The molecule has 0 bridgehead atoms. The van der Waals surface area contributed by atoms with Crippen molar-refractivity contribution in [3.63, 3.8) is 0 Å². The Kier molecular flexibility index (Phi) is 18.9. The molecule has 0 saturated carbocycles. The summed E-state index contributed by atoms with van der Waals surface area (Å²) in [6.07, 6.45) is 8.48. The van der Waals surface area contributed by atoms with Gasteiger partial charge in [0.25, 0.3) is 11.8 Å². The summed E-state index contributed by atoms with van der Waals surface area (Å²) in [4.78, 5) is 55.3. The van der Waals surface area contributed by atoms with E-state index in [-0.39, 0.29) is 43.1 Å². The van der Waals surface area contributed by atoms with E-state index < -0.39 is 0 Å². The highest BCUT2D eigenvalue weighted by Gasteiger charge is 2.37. The smallest absolute Gasteiger partial charge is 0.305 e. The Hall–Kier alpha value is -6.21. The number of allylic oxidation sites excluding steroid dienone is 2. The van der Waals surface area contributed by atoms with Crippen LogP contribution in [0.1, 0.15) is 78.6 Å². The van der Waals surface area contributed by atoms with E-state index in [4.69, 9.17) is 52.6 Å². The maximum atomic E-state index is 13.8. The lowest BCUT2D eigenvalue weighted by molar-refractivity contribution is -0.143. The normalized spacial score (nSPS) is 18.3. The van der Waals surface area contributed by atoms with Crippen molar-refractivity contribution in [2.75, 3.05) is 112 Å². The van der Waals surface area contributed by atoms with Gasteiger partial charge in [0.05, 0.1) is 99.8 Å². The summed E-state index contributed by atoms with van der Waals surface area (Å²) in [5, 5.41) is 3.48. The molecule has 70 heavy (non-hydrogen) atoms. The number of amides is 2. The van der Waals surface area contributed by atoms with E-state index in [1.807, 2.05) is 48.1 Å². The van der Waals surface area contributed by atoms with Gasteiger partial charge in [-0.25, -0.2) is 0 Å². The number of nitrogens with one attached hydrogen (secondary N) is 1. The largest absolute Gasteiger partial charge is 0.493 e. The summed E-state index contributed by atoms with van der Waals surface area (Å²) in [6, 6.07) is 10.5. The van der Waals surface area contributed by atoms with Gasteiger partial charge in [-0.3, -0.25) is 29.3 Å². The third-order valence-corrected chi connectivity index (χ3v) is 12.7. The molecule has 0 aliphatic carbocycles. The van der Waals surface area contributed by atoms with Crippen molar-refractivity contribution in [2.45, 2.75) is 71.8 Å². The summed E-state index contributed by atoms with van der Waals surface area (Å²) >= 11 is 0. The van der Waals surface area contributed by atoms with Gasteiger partial charge in [0.1, 0.15) is 25.6 Å². The lowest BCUT2D eigenvalue weighted by Crippen LogP contribution is -2.36. The highest BCUT2D eigenvalue weighted by Crippen LogP contribution is 2.40. The number of pyridine rings is 1. The molecule has 2 fully saturated rings. The molecular weight excluding hydrogens is 901 g/mol. The zero-order valence-electron chi connectivity index (χ0n) is 41.4. The molecule has 4 aliphatic heterocycles. The highest BCUT2D eigenvalue weighted by atomic mass is 16.5. The van der Waals surface area contributed by atoms with Crippen molar-refractivity contribution >= 4 is 35.4 Å². The Morgan fingerprint density at radius 2 is 1.39 bits per heavy atom. The molecule has 2 saturated heterocycles. The Morgan fingerprint density at radius 1 is 0.743 bits per heavy atom. The molecule has 1 aromatic heterocycles. The molecule has 0 spiro atoms. The Balaban J connectivity index is 1.08. The van der Waals surface area contributed by atoms with Crippen LogP contribution in [-0.4, -0.2) is 163 Å². The number of esters is 1. The van der Waals surface area contributed by atoms with Gasteiger partial charge >= 0.3 is 5.97 Å². The number of rotatable bonds is 26. The maximum Gasteiger partial charge on any atom is 0.305 e. The summed E-state index contributed by atoms with van der Waals surface area (Å²) in [6.45, 7) is 12.5. The number of aliphatic imine (C=N–C) groups is 1. The second-order valence-electron chi connectivity index (χ2n) is 17.3. The molecule has 0 unspecified atom stereocenters. The molecule has 18 heteroatoms. The van der Waals surface area contributed by atoms with Crippen molar-refractivity contribution in [1.82, 2.24) is 19.7 Å². The first-order chi connectivity index (χ1) is 34.1. The fraction of sp³-hybridized carbons (Fsp3) is 0.519. The van der Waals surface area contributed by atoms with E-state index in [1.54, 1.807) is 39.3 Å². The monoisotopic (exact) mass is 968 g/mol. The van der Waals surface area contributed by atoms with E-state index in [0.29, 0.717) is 161 Å². The average Bonchev–Trinajstić information content (AvgIpc) is 3.94. The van der Waals surface area contributed by atoms with Crippen molar-refractivity contribution in [2.24, 2.45) is 4.99 Å². The van der Waals surface area contributed by atoms with Crippen molar-refractivity contribution in [3.05, 3.63) is 82.2 Å². The highest BCUT2D eigenvalue weighted by molar-refractivity contribution is 6.04. The maximum absolute atomic E-state index is 13.8. The van der Waals surface area contributed by atoms with Crippen LogP contribution in [0, 0.1) is 0 Å². The third-order valence-electron chi connectivity index (χ3n) is 12.7. The number of ether oxygens (including phenoxy) is 9. The standard InChI is InChI=1S/C52H68N6O12/c1-7-35-21-39-29-53-44-27-48(46(63-5)25-42(44)51(60)57(39)31-35)69-33-37-23-41(68-16-14-56(12-10-11-50(59)67-9-3)13-15-65-19-20-66-18-17-62-4)24-38(55-37)34-70-49-28-45-43(26-47(49)64-6)52(61)58-32-36(8-2)22-40(58)30-54-45/h7-8,23-29,39-40,54H,9-22,30-34H2,1-6H3/b35-7+,36-8+/t39-,40-/m0/s1. The van der Waals surface area contributed by atoms with Gasteiger partial charge in [-0.15, -0.1) is 0 Å². The number of aromatic nitrogens is 1. The van der Waals surface area contributed by atoms with Gasteiger partial charge in [0.15, 0.2) is 23.0 Å². The summed E-state index contributed by atoms with van der Waals surface area (Å²) in [7, 11) is 4.72. The second-order valence-corrected chi connectivity index (χ2v) is 17.3. The number of fused-ring (bicyclic) bond motifs is 4. The molecule has 0 radical (unpaired) electrons. The van der Waals surface area contributed by atoms with Crippen molar-refractivity contribution < 1.29 is 57.0 Å².